The molecule has 2 aliphatic heterocycles. The Hall–Kier alpha value is -3.47. The number of nitrogens with zero attached hydrogens (tertiary/aromatic N) is 4. The van der Waals surface area contributed by atoms with Crippen molar-refractivity contribution in [3.8, 4) is 0 Å². The SMILES string of the molecule is CC1(C)CN(C(=O)c2cccc(CN3CCN(S(C)(=O)=O)CC3)c2)C=Cc2c1c1ccccc1n2C(=O)O. The Bertz CT molecular complexity index is 1550. The average Bonchev–Trinajstić information content (AvgIpc) is 3.14. The number of fused-ring (bicyclic) bond motifs is 3. The molecule has 0 saturated carbocycles. The van der Waals surface area contributed by atoms with Crippen molar-refractivity contribution in [1.82, 2.24) is 18.7 Å². The number of hydrogen-bond acceptors (Lipinski definition) is 5. The number of carboxylic acid groups (broad SMARTS) is 1. The number of rotatable bonds is 4. The van der Waals surface area contributed by atoms with Crippen molar-refractivity contribution in [2.24, 2.45) is 0 Å². The van der Waals surface area contributed by atoms with Crippen molar-refractivity contribution in [2.45, 2.75) is 25.8 Å². The zero-order valence-corrected chi connectivity index (χ0v) is 22.6. The normalized spacial score (nSPS) is 18.3. The fraction of sp³-hybridized carbons (Fsp3) is 0.357. The molecule has 0 atom stereocenters. The molecule has 2 aromatic carbocycles. The van der Waals surface area contributed by atoms with E-state index in [9.17, 15) is 23.1 Å². The van der Waals surface area contributed by atoms with E-state index in [0.29, 0.717) is 56.0 Å². The third-order valence-corrected chi connectivity index (χ3v) is 8.70. The van der Waals surface area contributed by atoms with Crippen molar-refractivity contribution in [1.29, 1.82) is 0 Å². The fourth-order valence-electron chi connectivity index (χ4n) is 5.64. The molecular weight excluding hydrogens is 504 g/mol. The number of sulfonamides is 1. The van der Waals surface area contributed by atoms with Crippen LogP contribution in [0.4, 0.5) is 4.79 Å². The largest absolute Gasteiger partial charge is 0.464 e. The number of hydrogen-bond donors (Lipinski definition) is 1. The Labute approximate surface area is 222 Å². The van der Waals surface area contributed by atoms with Gasteiger partial charge in [0.05, 0.1) is 17.5 Å². The van der Waals surface area contributed by atoms with Crippen LogP contribution in [-0.4, -0.2) is 83.2 Å². The van der Waals surface area contributed by atoms with Crippen LogP contribution < -0.4 is 0 Å². The van der Waals surface area contributed by atoms with E-state index in [2.05, 4.69) is 4.90 Å². The van der Waals surface area contributed by atoms with E-state index in [1.807, 2.05) is 50.2 Å². The van der Waals surface area contributed by atoms with Crippen LogP contribution in [-0.2, 0) is 22.0 Å². The fourth-order valence-corrected chi connectivity index (χ4v) is 6.47. The van der Waals surface area contributed by atoms with Crippen molar-refractivity contribution in [2.75, 3.05) is 39.0 Å². The van der Waals surface area contributed by atoms with Gasteiger partial charge in [-0.1, -0.05) is 44.2 Å². The second-order valence-corrected chi connectivity index (χ2v) is 12.6. The van der Waals surface area contributed by atoms with Crippen molar-refractivity contribution < 1.29 is 23.1 Å². The van der Waals surface area contributed by atoms with Crippen LogP contribution in [0.2, 0.25) is 0 Å². The van der Waals surface area contributed by atoms with Gasteiger partial charge < -0.3 is 10.0 Å². The third kappa shape index (κ3) is 4.87. The first kappa shape index (κ1) is 26.1. The number of benzene rings is 2. The van der Waals surface area contributed by atoms with E-state index in [4.69, 9.17) is 0 Å². The van der Waals surface area contributed by atoms with E-state index in [1.165, 1.54) is 15.1 Å². The van der Waals surface area contributed by atoms with Crippen molar-refractivity contribution in [3.05, 3.63) is 77.1 Å². The molecule has 0 unspecified atom stereocenters. The summed E-state index contributed by atoms with van der Waals surface area (Å²) < 4.78 is 26.4. The van der Waals surface area contributed by atoms with Crippen LogP contribution in [0.5, 0.6) is 0 Å². The molecule has 1 N–H and O–H groups in total. The summed E-state index contributed by atoms with van der Waals surface area (Å²) in [5.74, 6) is -0.158. The van der Waals surface area contributed by atoms with Gasteiger partial charge in [0.15, 0.2) is 0 Å². The van der Waals surface area contributed by atoms with Gasteiger partial charge in [-0.05, 0) is 35.4 Å². The summed E-state index contributed by atoms with van der Waals surface area (Å²) in [6, 6.07) is 15.0. The highest BCUT2D eigenvalue weighted by atomic mass is 32.2. The monoisotopic (exact) mass is 536 g/mol. The maximum Gasteiger partial charge on any atom is 0.416 e. The minimum Gasteiger partial charge on any atom is -0.464 e. The van der Waals surface area contributed by atoms with Crippen LogP contribution in [0.25, 0.3) is 17.0 Å². The lowest BCUT2D eigenvalue weighted by atomic mass is 9.82. The number of carbonyl (C=O) groups is 2. The Morgan fingerprint density at radius 2 is 1.71 bits per heavy atom. The average molecular weight is 537 g/mol. The summed E-state index contributed by atoms with van der Waals surface area (Å²) in [6.45, 7) is 7.26. The molecule has 3 aromatic rings. The lowest BCUT2D eigenvalue weighted by Gasteiger charge is -2.33. The molecule has 5 rings (SSSR count). The Morgan fingerprint density at radius 1 is 1.00 bits per heavy atom. The highest BCUT2D eigenvalue weighted by molar-refractivity contribution is 7.88. The quantitative estimate of drug-likeness (QED) is 0.546. The van der Waals surface area contributed by atoms with Crippen molar-refractivity contribution in [3.63, 3.8) is 0 Å². The third-order valence-electron chi connectivity index (χ3n) is 7.40. The first-order valence-electron chi connectivity index (χ1n) is 12.6. The van der Waals surface area contributed by atoms with Gasteiger partial charge in [0.25, 0.3) is 5.91 Å². The van der Waals surface area contributed by atoms with Crippen LogP contribution in [0.15, 0.2) is 54.7 Å². The molecule has 38 heavy (non-hydrogen) atoms. The lowest BCUT2D eigenvalue weighted by molar-refractivity contribution is 0.0801. The van der Waals surface area contributed by atoms with E-state index in [1.54, 1.807) is 29.3 Å². The lowest BCUT2D eigenvalue weighted by Crippen LogP contribution is -2.47. The second-order valence-electron chi connectivity index (χ2n) is 10.7. The smallest absolute Gasteiger partial charge is 0.416 e. The molecule has 0 bridgehead atoms. The summed E-state index contributed by atoms with van der Waals surface area (Å²) in [6.07, 6.45) is 3.58. The van der Waals surface area contributed by atoms with E-state index in [0.717, 1.165) is 16.5 Å². The number of piperazine rings is 1. The first-order chi connectivity index (χ1) is 18.0. The van der Waals surface area contributed by atoms with E-state index >= 15 is 0 Å². The molecular formula is C28H32N4O5S. The summed E-state index contributed by atoms with van der Waals surface area (Å²) in [7, 11) is -3.18. The standard InChI is InChI=1S/C28H32N4O5S/c1-28(2)19-30(12-11-24-25(28)22-9-4-5-10-23(22)32(24)27(34)35)26(33)21-8-6-7-20(17-21)18-29-13-15-31(16-14-29)38(3,36)37/h4-12,17H,13-16,18-19H2,1-3H3,(H,34,35). The molecule has 0 radical (unpaired) electrons. The Morgan fingerprint density at radius 3 is 2.39 bits per heavy atom. The molecule has 9 nitrogen and oxygen atoms in total. The molecule has 0 spiro atoms. The topological polar surface area (TPSA) is 103 Å². The Balaban J connectivity index is 1.39. The molecule has 2 aliphatic rings. The molecule has 0 aliphatic carbocycles. The predicted octanol–water partition coefficient (Wildman–Crippen LogP) is 3.65. The highest BCUT2D eigenvalue weighted by Gasteiger charge is 2.35. The number of amides is 1. The summed E-state index contributed by atoms with van der Waals surface area (Å²) in [4.78, 5) is 29.7. The van der Waals surface area contributed by atoms with Gasteiger partial charge in [-0.25, -0.2) is 17.8 Å². The summed E-state index contributed by atoms with van der Waals surface area (Å²) >= 11 is 0. The van der Waals surface area contributed by atoms with Gasteiger partial charge in [-0.2, -0.15) is 4.31 Å². The molecule has 1 amide bonds. The van der Waals surface area contributed by atoms with Crippen molar-refractivity contribution >= 4 is 39.0 Å². The van der Waals surface area contributed by atoms with Gasteiger partial charge in [-0.3, -0.25) is 9.69 Å². The van der Waals surface area contributed by atoms with Crippen LogP contribution in [0.1, 0.15) is 41.0 Å². The maximum atomic E-state index is 13.7. The van der Waals surface area contributed by atoms with Gasteiger partial charge in [0.2, 0.25) is 10.0 Å². The van der Waals surface area contributed by atoms with Gasteiger partial charge in [0, 0.05) is 61.8 Å². The zero-order valence-electron chi connectivity index (χ0n) is 21.8. The van der Waals surface area contributed by atoms with E-state index in [-0.39, 0.29) is 5.91 Å². The molecule has 10 heteroatoms. The van der Waals surface area contributed by atoms with Gasteiger partial charge in [0.1, 0.15) is 0 Å². The molecule has 1 aromatic heterocycles. The van der Waals surface area contributed by atoms with E-state index < -0.39 is 21.5 Å². The maximum absolute atomic E-state index is 13.7. The zero-order chi connectivity index (χ0) is 27.2. The predicted molar refractivity (Wildman–Crippen MR) is 147 cm³/mol. The minimum absolute atomic E-state index is 0.158. The number of aromatic nitrogens is 1. The molecule has 1 fully saturated rings. The van der Waals surface area contributed by atoms with Gasteiger partial charge >= 0.3 is 6.09 Å². The molecule has 1 saturated heterocycles. The summed E-state index contributed by atoms with van der Waals surface area (Å²) in [5, 5.41) is 10.8. The first-order valence-corrected chi connectivity index (χ1v) is 14.4. The molecule has 3 heterocycles. The second kappa shape index (κ2) is 9.68. The van der Waals surface area contributed by atoms with Crippen LogP contribution in [0, 0.1) is 0 Å². The molecule has 200 valence electrons. The summed E-state index contributed by atoms with van der Waals surface area (Å²) in [5.41, 5.74) is 3.13. The Kier molecular flexibility index (Phi) is 6.66. The number of para-hydroxylation sites is 1. The van der Waals surface area contributed by atoms with Gasteiger partial charge in [-0.15, -0.1) is 0 Å². The van der Waals surface area contributed by atoms with Crippen LogP contribution >= 0.6 is 0 Å². The van der Waals surface area contributed by atoms with Crippen LogP contribution in [0.3, 0.4) is 0 Å². The minimum atomic E-state index is -3.18. The highest BCUT2D eigenvalue weighted by Crippen LogP contribution is 2.39. The number of carbonyl (C=O) groups excluding carboxylic acids is 1.